The van der Waals surface area contributed by atoms with Crippen LogP contribution in [-0.4, -0.2) is 29.8 Å². The first-order chi connectivity index (χ1) is 16.1. The molecule has 1 N–H and O–H groups in total. The fourth-order valence-electron chi connectivity index (χ4n) is 3.03. The number of ether oxygens (including phenoxy) is 2. The van der Waals surface area contributed by atoms with Gasteiger partial charge >= 0.3 is 5.82 Å². The van der Waals surface area contributed by atoms with Gasteiger partial charge in [-0.15, -0.1) is 0 Å². The number of rotatable bonds is 6. The Morgan fingerprint density at radius 3 is 2.52 bits per heavy atom. The summed E-state index contributed by atoms with van der Waals surface area (Å²) in [6, 6.07) is 11.8. The molecule has 10 nitrogen and oxygen atoms in total. The number of hydrogen-bond donors (Lipinski definition) is 1. The molecule has 33 heavy (non-hydrogen) atoms. The summed E-state index contributed by atoms with van der Waals surface area (Å²) in [4.78, 5) is 29.9. The fraction of sp³-hybridized carbons (Fsp3) is 0. The maximum absolute atomic E-state index is 14.2. The van der Waals surface area contributed by atoms with Crippen LogP contribution in [0, 0.1) is 15.9 Å². The van der Waals surface area contributed by atoms with Crippen LogP contribution >= 0.6 is 0 Å². The van der Waals surface area contributed by atoms with Crippen molar-refractivity contribution in [1.82, 2.24) is 24.9 Å². The molecule has 0 fully saturated rings. The zero-order valence-corrected chi connectivity index (χ0v) is 16.7. The first kappa shape index (κ1) is 20.0. The number of aromatic amines is 1. The van der Waals surface area contributed by atoms with Gasteiger partial charge in [0, 0.05) is 30.6 Å². The van der Waals surface area contributed by atoms with Crippen LogP contribution < -0.4 is 9.47 Å². The van der Waals surface area contributed by atoms with Gasteiger partial charge in [0.2, 0.25) is 0 Å². The highest BCUT2D eigenvalue weighted by molar-refractivity contribution is 5.82. The Balaban J connectivity index is 1.57. The molecule has 3 heterocycles. The first-order valence-corrected chi connectivity index (χ1v) is 9.57. The fourth-order valence-corrected chi connectivity index (χ4v) is 3.03. The molecule has 0 aliphatic carbocycles. The van der Waals surface area contributed by atoms with Crippen molar-refractivity contribution in [2.45, 2.75) is 0 Å². The van der Waals surface area contributed by atoms with Crippen LogP contribution in [0.5, 0.6) is 23.0 Å². The Kier molecular flexibility index (Phi) is 5.03. The van der Waals surface area contributed by atoms with Gasteiger partial charge < -0.3 is 24.6 Å². The lowest BCUT2D eigenvalue weighted by Crippen LogP contribution is -1.95. The summed E-state index contributed by atoms with van der Waals surface area (Å²) in [6.45, 7) is 0. The molecule has 0 saturated carbocycles. The molecular formula is C22H13FN6O4. The average molecular weight is 444 g/mol. The van der Waals surface area contributed by atoms with Crippen molar-refractivity contribution in [3.05, 3.63) is 89.2 Å². The number of nitrogens with zero attached hydrogens (tertiary/aromatic N) is 5. The van der Waals surface area contributed by atoms with Crippen molar-refractivity contribution in [1.29, 1.82) is 0 Å². The molecule has 0 amide bonds. The third-order valence-corrected chi connectivity index (χ3v) is 4.55. The molecule has 0 atom stereocenters. The summed E-state index contributed by atoms with van der Waals surface area (Å²) in [7, 11) is 0. The second-order valence-electron chi connectivity index (χ2n) is 6.74. The van der Waals surface area contributed by atoms with E-state index in [-0.39, 0.29) is 28.8 Å². The molecule has 0 radical (unpaired) electrons. The van der Waals surface area contributed by atoms with Crippen molar-refractivity contribution in [3.63, 3.8) is 0 Å². The quantitative estimate of drug-likeness (QED) is 0.285. The molecule has 0 aliphatic heterocycles. The maximum atomic E-state index is 14.2. The van der Waals surface area contributed by atoms with Gasteiger partial charge in [-0.1, -0.05) is 12.1 Å². The third-order valence-electron chi connectivity index (χ3n) is 4.55. The molecule has 11 heteroatoms. The van der Waals surface area contributed by atoms with Gasteiger partial charge in [0.25, 0.3) is 0 Å². The van der Waals surface area contributed by atoms with Crippen LogP contribution in [0.15, 0.2) is 73.3 Å². The summed E-state index contributed by atoms with van der Waals surface area (Å²) in [6.07, 6.45) is 5.88. The van der Waals surface area contributed by atoms with Crippen LogP contribution in [0.2, 0.25) is 0 Å². The first-order valence-electron chi connectivity index (χ1n) is 9.57. The number of benzene rings is 2. The minimum Gasteiger partial charge on any atom is -0.450 e. The predicted molar refractivity (Wildman–Crippen MR) is 115 cm³/mol. The second-order valence-corrected chi connectivity index (χ2v) is 6.74. The van der Waals surface area contributed by atoms with Crippen LogP contribution in [0.1, 0.15) is 0 Å². The second kappa shape index (κ2) is 8.30. The maximum Gasteiger partial charge on any atom is 0.363 e. The topological polar surface area (TPSA) is 129 Å². The van der Waals surface area contributed by atoms with E-state index in [0.717, 1.165) is 0 Å². The SMILES string of the molecule is O=[N+]([O-])c1ccc(Oc2cc3[nH]c(-c4cnccn4)nc3cc2Oc2ccccc2F)cn1. The normalized spacial score (nSPS) is 10.8. The number of aromatic nitrogens is 5. The van der Waals surface area contributed by atoms with E-state index in [1.54, 1.807) is 42.9 Å². The summed E-state index contributed by atoms with van der Waals surface area (Å²) in [5.41, 5.74) is 1.66. The number of H-pyrrole nitrogens is 1. The number of para-hydroxylation sites is 1. The molecule has 3 aromatic heterocycles. The van der Waals surface area contributed by atoms with E-state index in [1.807, 2.05) is 0 Å². The van der Waals surface area contributed by atoms with Gasteiger partial charge in [0.15, 0.2) is 40.8 Å². The number of nitro groups is 1. The summed E-state index contributed by atoms with van der Waals surface area (Å²) < 4.78 is 25.9. The lowest BCUT2D eigenvalue weighted by Gasteiger charge is -2.12. The number of halogens is 1. The van der Waals surface area contributed by atoms with Crippen molar-refractivity contribution in [2.24, 2.45) is 0 Å². The van der Waals surface area contributed by atoms with E-state index in [2.05, 4.69) is 24.9 Å². The molecule has 162 valence electrons. The van der Waals surface area contributed by atoms with Crippen LogP contribution in [0.3, 0.4) is 0 Å². The largest absolute Gasteiger partial charge is 0.450 e. The van der Waals surface area contributed by atoms with E-state index in [4.69, 9.17) is 9.47 Å². The van der Waals surface area contributed by atoms with Crippen molar-refractivity contribution < 1.29 is 18.8 Å². The lowest BCUT2D eigenvalue weighted by atomic mass is 10.2. The summed E-state index contributed by atoms with van der Waals surface area (Å²) in [5, 5.41) is 10.9. The molecule has 0 spiro atoms. The molecule has 2 aromatic carbocycles. The van der Waals surface area contributed by atoms with Crippen molar-refractivity contribution >= 4 is 16.9 Å². The average Bonchev–Trinajstić information content (AvgIpc) is 3.24. The Morgan fingerprint density at radius 2 is 1.79 bits per heavy atom. The number of nitrogens with one attached hydrogen (secondary N) is 1. The monoisotopic (exact) mass is 444 g/mol. The zero-order chi connectivity index (χ0) is 22.8. The van der Waals surface area contributed by atoms with Gasteiger partial charge in [-0.25, -0.2) is 14.4 Å². The number of fused-ring (bicyclic) bond motifs is 1. The molecule has 5 rings (SSSR count). The smallest absolute Gasteiger partial charge is 0.363 e. The molecule has 0 aliphatic rings. The van der Waals surface area contributed by atoms with E-state index < -0.39 is 10.7 Å². The van der Waals surface area contributed by atoms with Crippen LogP contribution in [-0.2, 0) is 0 Å². The van der Waals surface area contributed by atoms with Crippen molar-refractivity contribution in [3.8, 4) is 34.5 Å². The van der Waals surface area contributed by atoms with E-state index >= 15 is 0 Å². The lowest BCUT2D eigenvalue weighted by molar-refractivity contribution is -0.389. The van der Waals surface area contributed by atoms with Crippen LogP contribution in [0.25, 0.3) is 22.6 Å². The standard InChI is InChI=1S/C22H13FN6O4/c23-14-3-1-2-4-18(14)33-20-10-16-15(27-22(28-16)17-12-24-7-8-25-17)9-19(20)32-13-5-6-21(26-11-13)29(30)31/h1-12H,(H,27,28). The van der Waals surface area contributed by atoms with Crippen molar-refractivity contribution in [2.75, 3.05) is 0 Å². The molecular weight excluding hydrogens is 431 g/mol. The summed E-state index contributed by atoms with van der Waals surface area (Å²) >= 11 is 0. The number of imidazole rings is 1. The Morgan fingerprint density at radius 1 is 0.939 bits per heavy atom. The predicted octanol–water partition coefficient (Wildman–Crippen LogP) is 5.05. The van der Waals surface area contributed by atoms with E-state index in [0.29, 0.717) is 22.6 Å². The van der Waals surface area contributed by atoms with Gasteiger partial charge in [-0.3, -0.25) is 4.98 Å². The third kappa shape index (κ3) is 4.14. The number of pyridine rings is 1. The highest BCUT2D eigenvalue weighted by atomic mass is 19.1. The van der Waals surface area contributed by atoms with Gasteiger partial charge in [-0.2, -0.15) is 0 Å². The Hall–Kier alpha value is -4.93. The minimum absolute atomic E-state index is 0.00629. The molecule has 5 aromatic rings. The zero-order valence-electron chi connectivity index (χ0n) is 16.7. The van der Waals surface area contributed by atoms with Gasteiger partial charge in [0.1, 0.15) is 5.69 Å². The minimum atomic E-state index is -0.610. The van der Waals surface area contributed by atoms with E-state index in [1.165, 1.54) is 30.5 Å². The van der Waals surface area contributed by atoms with Crippen LogP contribution in [0.4, 0.5) is 10.2 Å². The molecule has 0 unspecified atom stereocenters. The Labute approximate surface area is 184 Å². The Bertz CT molecular complexity index is 1460. The summed E-state index contributed by atoms with van der Waals surface area (Å²) in [5.74, 6) is 0.230. The van der Waals surface area contributed by atoms with Gasteiger partial charge in [0.05, 0.1) is 17.2 Å². The van der Waals surface area contributed by atoms with E-state index in [9.17, 15) is 14.5 Å². The molecule has 0 bridgehead atoms. The van der Waals surface area contributed by atoms with Gasteiger partial charge in [-0.05, 0) is 28.1 Å². The highest BCUT2D eigenvalue weighted by Crippen LogP contribution is 2.39. The number of hydrogen-bond acceptors (Lipinski definition) is 8. The molecule has 0 saturated heterocycles. The highest BCUT2D eigenvalue weighted by Gasteiger charge is 2.17.